The summed E-state index contributed by atoms with van der Waals surface area (Å²) in [6.07, 6.45) is 2.33. The van der Waals surface area contributed by atoms with Crippen molar-refractivity contribution in [3.63, 3.8) is 0 Å². The van der Waals surface area contributed by atoms with Crippen molar-refractivity contribution in [3.8, 4) is 0 Å². The molecular weight excluding hydrogens is 164 g/mol. The second-order valence-electron chi connectivity index (χ2n) is 3.32. The summed E-state index contributed by atoms with van der Waals surface area (Å²) in [4.78, 5) is 0. The molecule has 0 N–H and O–H groups in total. The highest BCUT2D eigenvalue weighted by Gasteiger charge is 1.94. The van der Waals surface area contributed by atoms with Gasteiger partial charge in [0.05, 0.1) is 0 Å². The predicted octanol–water partition coefficient (Wildman–Crippen LogP) is 3.17. The van der Waals surface area contributed by atoms with E-state index in [-0.39, 0.29) is 0 Å². The molecule has 0 spiro atoms. The van der Waals surface area contributed by atoms with Crippen LogP contribution < -0.4 is 0 Å². The van der Waals surface area contributed by atoms with Gasteiger partial charge in [0.15, 0.2) is 0 Å². The van der Waals surface area contributed by atoms with E-state index in [0.717, 1.165) is 12.2 Å². The molecule has 0 nitrogen and oxygen atoms in total. The van der Waals surface area contributed by atoms with Crippen LogP contribution >= 0.6 is 12.6 Å². The maximum Gasteiger partial charge on any atom is -0.00947 e. The van der Waals surface area contributed by atoms with Crippen molar-refractivity contribution in [2.45, 2.75) is 26.7 Å². The highest BCUT2D eigenvalue weighted by Crippen LogP contribution is 2.10. The fourth-order valence-electron chi connectivity index (χ4n) is 1.50. The lowest BCUT2D eigenvalue weighted by Gasteiger charge is -2.03. The fraction of sp³-hybridized carbons (Fsp3) is 0.455. The minimum atomic E-state index is 0.979. The largest absolute Gasteiger partial charge is 0.179 e. The van der Waals surface area contributed by atoms with Gasteiger partial charge in [-0.05, 0) is 38.0 Å². The molecule has 0 aromatic heterocycles. The van der Waals surface area contributed by atoms with E-state index in [1.54, 1.807) is 0 Å². The first kappa shape index (κ1) is 9.66. The molecule has 1 aromatic carbocycles. The molecule has 0 amide bonds. The summed E-state index contributed by atoms with van der Waals surface area (Å²) in [7, 11) is 0. The normalized spacial score (nSPS) is 10.2. The van der Waals surface area contributed by atoms with Gasteiger partial charge in [-0.1, -0.05) is 29.3 Å². The second kappa shape index (κ2) is 4.56. The zero-order chi connectivity index (χ0) is 8.97. The first-order valence-electron chi connectivity index (χ1n) is 4.40. The van der Waals surface area contributed by atoms with Gasteiger partial charge in [-0.25, -0.2) is 0 Å². The van der Waals surface area contributed by atoms with Crippen LogP contribution in [0, 0.1) is 13.8 Å². The first-order chi connectivity index (χ1) is 5.72. The maximum absolute atomic E-state index is 4.20. The van der Waals surface area contributed by atoms with E-state index in [0.29, 0.717) is 0 Å². The lowest BCUT2D eigenvalue weighted by molar-refractivity contribution is 0.932. The minimum Gasteiger partial charge on any atom is -0.179 e. The molecule has 12 heavy (non-hydrogen) atoms. The lowest BCUT2D eigenvalue weighted by atomic mass is 10.0. The molecule has 0 unspecified atom stereocenters. The van der Waals surface area contributed by atoms with Crippen molar-refractivity contribution in [1.29, 1.82) is 0 Å². The lowest BCUT2D eigenvalue weighted by Crippen LogP contribution is -1.88. The predicted molar refractivity (Wildman–Crippen MR) is 58.1 cm³/mol. The Morgan fingerprint density at radius 3 is 2.17 bits per heavy atom. The van der Waals surface area contributed by atoms with E-state index in [2.05, 4.69) is 44.7 Å². The van der Waals surface area contributed by atoms with E-state index < -0.39 is 0 Å². The summed E-state index contributed by atoms with van der Waals surface area (Å²) >= 11 is 4.20. The Labute approximate surface area is 80.4 Å². The third-order valence-corrected chi connectivity index (χ3v) is 2.22. The zero-order valence-electron chi connectivity index (χ0n) is 7.80. The van der Waals surface area contributed by atoms with Gasteiger partial charge in [-0.3, -0.25) is 0 Å². The van der Waals surface area contributed by atoms with Crippen molar-refractivity contribution < 1.29 is 0 Å². The van der Waals surface area contributed by atoms with E-state index in [1.807, 2.05) is 0 Å². The highest BCUT2D eigenvalue weighted by molar-refractivity contribution is 7.80. The van der Waals surface area contributed by atoms with E-state index in [9.17, 15) is 0 Å². The smallest absolute Gasteiger partial charge is 0.00947 e. The van der Waals surface area contributed by atoms with Crippen LogP contribution in [0.2, 0.25) is 0 Å². The van der Waals surface area contributed by atoms with Gasteiger partial charge in [0.2, 0.25) is 0 Å². The summed E-state index contributed by atoms with van der Waals surface area (Å²) in [6.45, 7) is 4.30. The molecule has 1 rings (SSSR count). The van der Waals surface area contributed by atoms with Crippen LogP contribution in [0.4, 0.5) is 0 Å². The fourth-order valence-corrected chi connectivity index (χ4v) is 1.65. The molecular formula is C11H16S. The molecule has 0 aliphatic heterocycles. The molecule has 1 heteroatoms. The molecule has 0 saturated carbocycles. The van der Waals surface area contributed by atoms with E-state index in [1.165, 1.54) is 23.1 Å². The Kier molecular flexibility index (Phi) is 3.67. The van der Waals surface area contributed by atoms with Gasteiger partial charge in [0, 0.05) is 0 Å². The van der Waals surface area contributed by atoms with Crippen LogP contribution in [0.5, 0.6) is 0 Å². The standard InChI is InChI=1S/C11H16S/c1-9-6-10(2)8-11(7-9)4-3-5-12/h6-8,12H,3-5H2,1-2H3. The Bertz CT molecular complexity index is 233. The minimum absolute atomic E-state index is 0.979. The molecule has 0 heterocycles. The van der Waals surface area contributed by atoms with E-state index >= 15 is 0 Å². The molecule has 0 radical (unpaired) electrons. The summed E-state index contributed by atoms with van der Waals surface area (Å²) in [5.41, 5.74) is 4.18. The Hall–Kier alpha value is -0.430. The van der Waals surface area contributed by atoms with Crippen molar-refractivity contribution in [2.24, 2.45) is 0 Å². The van der Waals surface area contributed by atoms with Crippen LogP contribution in [-0.4, -0.2) is 5.75 Å². The number of aryl methyl sites for hydroxylation is 3. The summed E-state index contributed by atoms with van der Waals surface area (Å²) in [5, 5.41) is 0. The number of rotatable bonds is 3. The number of thiol groups is 1. The highest BCUT2D eigenvalue weighted by atomic mass is 32.1. The molecule has 0 aliphatic carbocycles. The van der Waals surface area contributed by atoms with Gasteiger partial charge < -0.3 is 0 Å². The van der Waals surface area contributed by atoms with Crippen LogP contribution in [0.3, 0.4) is 0 Å². The molecule has 0 saturated heterocycles. The Morgan fingerprint density at radius 1 is 1.08 bits per heavy atom. The van der Waals surface area contributed by atoms with Crippen LogP contribution in [-0.2, 0) is 6.42 Å². The molecule has 0 fully saturated rings. The number of hydrogen-bond acceptors (Lipinski definition) is 1. The third kappa shape index (κ3) is 2.90. The summed E-state index contributed by atoms with van der Waals surface area (Å²) < 4.78 is 0. The van der Waals surface area contributed by atoms with Gasteiger partial charge in [0.1, 0.15) is 0 Å². The van der Waals surface area contributed by atoms with E-state index in [4.69, 9.17) is 0 Å². The van der Waals surface area contributed by atoms with Crippen molar-refractivity contribution in [3.05, 3.63) is 34.9 Å². The van der Waals surface area contributed by atoms with Gasteiger partial charge in [-0.2, -0.15) is 12.6 Å². The van der Waals surface area contributed by atoms with Crippen molar-refractivity contribution >= 4 is 12.6 Å². The van der Waals surface area contributed by atoms with Gasteiger partial charge in [0.25, 0.3) is 0 Å². The molecule has 1 aromatic rings. The molecule has 66 valence electrons. The maximum atomic E-state index is 4.20. The Balaban J connectivity index is 2.72. The van der Waals surface area contributed by atoms with Gasteiger partial charge in [-0.15, -0.1) is 0 Å². The quantitative estimate of drug-likeness (QED) is 0.679. The SMILES string of the molecule is Cc1cc(C)cc(CCCS)c1. The van der Waals surface area contributed by atoms with Crippen LogP contribution in [0.25, 0.3) is 0 Å². The number of benzene rings is 1. The molecule has 0 atom stereocenters. The summed E-state index contributed by atoms with van der Waals surface area (Å²) in [5.74, 6) is 0.979. The topological polar surface area (TPSA) is 0 Å². The average molecular weight is 180 g/mol. The molecule has 0 bridgehead atoms. The monoisotopic (exact) mass is 180 g/mol. The van der Waals surface area contributed by atoms with Crippen LogP contribution in [0.15, 0.2) is 18.2 Å². The summed E-state index contributed by atoms with van der Waals surface area (Å²) in [6, 6.07) is 6.73. The third-order valence-electron chi connectivity index (χ3n) is 1.91. The molecule has 0 aliphatic rings. The number of hydrogen-bond donors (Lipinski definition) is 1. The second-order valence-corrected chi connectivity index (χ2v) is 3.77. The van der Waals surface area contributed by atoms with Crippen molar-refractivity contribution in [2.75, 3.05) is 5.75 Å². The average Bonchev–Trinajstić information content (AvgIpc) is 1.99. The first-order valence-corrected chi connectivity index (χ1v) is 5.03. The Morgan fingerprint density at radius 2 is 1.67 bits per heavy atom. The van der Waals surface area contributed by atoms with Crippen molar-refractivity contribution in [1.82, 2.24) is 0 Å². The van der Waals surface area contributed by atoms with Crippen LogP contribution in [0.1, 0.15) is 23.1 Å². The zero-order valence-corrected chi connectivity index (χ0v) is 8.70. The van der Waals surface area contributed by atoms with Gasteiger partial charge >= 0.3 is 0 Å².